The van der Waals surface area contributed by atoms with Crippen LogP contribution in [0.2, 0.25) is 6.04 Å². The Morgan fingerprint density at radius 2 is 2.22 bits per heavy atom. The number of ether oxygens (including phenoxy) is 1. The highest BCUT2D eigenvalue weighted by molar-refractivity contribution is 9.10. The quantitative estimate of drug-likeness (QED) is 0.273. The van der Waals surface area contributed by atoms with Crippen molar-refractivity contribution in [2.75, 3.05) is 13.2 Å². The maximum absolute atomic E-state index is 5.79. The van der Waals surface area contributed by atoms with E-state index in [1.54, 1.807) is 0 Å². The molecular formula is C12H16BrClO2SSi. The molecule has 0 unspecified atom stereocenters. The first-order valence-corrected chi connectivity index (χ1v) is 9.76. The van der Waals surface area contributed by atoms with Gasteiger partial charge in [0, 0.05) is 5.88 Å². The summed E-state index contributed by atoms with van der Waals surface area (Å²) in [6.07, 6.45) is 1.21. The Balaban J connectivity index is 2.22. The molecule has 6 heteroatoms. The lowest BCUT2D eigenvalue weighted by molar-refractivity contribution is 0.239. The summed E-state index contributed by atoms with van der Waals surface area (Å²) in [5.74, 6) is 1.31. The fourth-order valence-corrected chi connectivity index (χ4v) is 3.57. The van der Waals surface area contributed by atoms with Crippen LogP contribution in [0.1, 0.15) is 18.9 Å². The van der Waals surface area contributed by atoms with Gasteiger partial charge in [-0.3, -0.25) is 0 Å². The Kier molecular flexibility index (Phi) is 9.23. The number of benzene rings is 1. The number of alkyl halides is 1. The normalized spacial score (nSPS) is 10.6. The van der Waals surface area contributed by atoms with Gasteiger partial charge in [0.05, 0.1) is 11.1 Å². The largest absolute Gasteiger partial charge is 0.490 e. The molecule has 0 aliphatic carbocycles. The minimum Gasteiger partial charge on any atom is -0.490 e. The minimum absolute atomic E-state index is 0.494. The van der Waals surface area contributed by atoms with E-state index in [-0.39, 0.29) is 0 Å². The summed E-state index contributed by atoms with van der Waals surface area (Å²) in [5, 5.41) is 0. The molecule has 100 valence electrons. The molecule has 0 heterocycles. The van der Waals surface area contributed by atoms with Gasteiger partial charge in [0.25, 0.3) is 0 Å². The lowest BCUT2D eigenvalue weighted by atomic mass is 10.2. The fraction of sp³-hybridized carbons (Fsp3) is 0.500. The van der Waals surface area contributed by atoms with Crippen molar-refractivity contribution in [2.24, 2.45) is 0 Å². The van der Waals surface area contributed by atoms with Crippen molar-refractivity contribution in [1.82, 2.24) is 0 Å². The van der Waals surface area contributed by atoms with Crippen LogP contribution in [0.5, 0.6) is 5.75 Å². The molecule has 0 saturated carbocycles. The molecule has 1 rings (SSSR count). The van der Waals surface area contributed by atoms with Crippen LogP contribution in [-0.4, -0.2) is 21.9 Å². The summed E-state index contributed by atoms with van der Waals surface area (Å²) < 4.78 is 12.0. The molecule has 1 aromatic rings. The van der Waals surface area contributed by atoms with Crippen molar-refractivity contribution in [3.8, 4) is 5.75 Å². The smallest absolute Gasteiger partial charge is 0.163 e. The zero-order chi connectivity index (χ0) is 13.2. The van der Waals surface area contributed by atoms with E-state index in [1.165, 1.54) is 24.0 Å². The zero-order valence-electron chi connectivity index (χ0n) is 10.2. The van der Waals surface area contributed by atoms with E-state index in [2.05, 4.69) is 22.9 Å². The van der Waals surface area contributed by atoms with E-state index in [0.717, 1.165) is 24.5 Å². The molecule has 0 bridgehead atoms. The molecule has 18 heavy (non-hydrogen) atoms. The standard InChI is InChI=1S/C12H16BrClO2SSi/c1-2-7-18-17-16-6-5-15-12-8-10(9-14)3-4-11(12)13/h3-4,8H,2,5-7,9H2,1H3. The number of hydrogen-bond donors (Lipinski definition) is 0. The lowest BCUT2D eigenvalue weighted by Crippen LogP contribution is -2.05. The molecule has 0 aromatic heterocycles. The lowest BCUT2D eigenvalue weighted by Gasteiger charge is -2.09. The van der Waals surface area contributed by atoms with Crippen molar-refractivity contribution in [3.05, 3.63) is 28.2 Å². The first kappa shape index (κ1) is 16.4. The van der Waals surface area contributed by atoms with Gasteiger partial charge in [0.2, 0.25) is 0 Å². The van der Waals surface area contributed by atoms with Gasteiger partial charge in [-0.1, -0.05) is 19.4 Å². The van der Waals surface area contributed by atoms with Gasteiger partial charge >= 0.3 is 0 Å². The molecule has 2 nitrogen and oxygen atoms in total. The van der Waals surface area contributed by atoms with E-state index < -0.39 is 0 Å². The van der Waals surface area contributed by atoms with Crippen molar-refractivity contribution in [3.63, 3.8) is 0 Å². The van der Waals surface area contributed by atoms with E-state index in [1.807, 2.05) is 18.2 Å². The first-order chi connectivity index (χ1) is 8.77. The molecule has 0 spiro atoms. The second kappa shape index (κ2) is 10.1. The Morgan fingerprint density at radius 3 is 2.94 bits per heavy atom. The Morgan fingerprint density at radius 1 is 1.39 bits per heavy atom. The van der Waals surface area contributed by atoms with Crippen LogP contribution in [0.25, 0.3) is 0 Å². The Bertz CT molecular complexity index is 355. The van der Waals surface area contributed by atoms with E-state index in [4.69, 9.17) is 20.5 Å². The maximum Gasteiger partial charge on any atom is 0.163 e. The molecule has 0 atom stereocenters. The zero-order valence-corrected chi connectivity index (χ0v) is 14.4. The fourth-order valence-electron chi connectivity index (χ4n) is 1.15. The van der Waals surface area contributed by atoms with Crippen molar-refractivity contribution < 1.29 is 8.92 Å². The highest BCUT2D eigenvalue weighted by Crippen LogP contribution is 2.26. The van der Waals surface area contributed by atoms with Crippen molar-refractivity contribution in [2.45, 2.75) is 25.3 Å². The van der Waals surface area contributed by atoms with Crippen LogP contribution in [0, 0.1) is 0 Å². The molecule has 1 aromatic carbocycles. The maximum atomic E-state index is 5.79. The molecule has 0 aliphatic heterocycles. The van der Waals surface area contributed by atoms with Crippen LogP contribution in [0.4, 0.5) is 0 Å². The molecule has 0 N–H and O–H groups in total. The monoisotopic (exact) mass is 366 g/mol. The van der Waals surface area contributed by atoms with Crippen molar-refractivity contribution in [1.29, 1.82) is 0 Å². The summed E-state index contributed by atoms with van der Waals surface area (Å²) in [6, 6.07) is 7.09. The van der Waals surface area contributed by atoms with Gasteiger partial charge in [-0.15, -0.1) is 11.6 Å². The predicted octanol–water partition coefficient (Wildman–Crippen LogP) is 4.68. The summed E-state index contributed by atoms with van der Waals surface area (Å²) in [7, 11) is 0.818. The average Bonchev–Trinajstić information content (AvgIpc) is 2.39. The molecule has 0 amide bonds. The van der Waals surface area contributed by atoms with Crippen molar-refractivity contribution >= 4 is 47.7 Å². The van der Waals surface area contributed by atoms with Crippen LogP contribution < -0.4 is 4.74 Å². The number of halogens is 2. The third kappa shape index (κ3) is 6.47. The molecular weight excluding hydrogens is 352 g/mol. The van der Waals surface area contributed by atoms with Crippen LogP contribution in [0.15, 0.2) is 22.7 Å². The van der Waals surface area contributed by atoms with Crippen LogP contribution in [-0.2, 0) is 10.1 Å². The second-order valence-corrected chi connectivity index (χ2v) is 7.23. The minimum atomic E-state index is 0.494. The van der Waals surface area contributed by atoms with Crippen LogP contribution in [0.3, 0.4) is 0 Å². The summed E-state index contributed by atoms with van der Waals surface area (Å²) in [6.45, 7) is 3.32. The van der Waals surface area contributed by atoms with Gasteiger partial charge in [0.1, 0.15) is 12.4 Å². The second-order valence-electron chi connectivity index (χ2n) is 3.55. The molecule has 0 fully saturated rings. The average molecular weight is 368 g/mol. The highest BCUT2D eigenvalue weighted by Gasteiger charge is 2.02. The number of hydrogen-bond acceptors (Lipinski definition) is 3. The van der Waals surface area contributed by atoms with Gasteiger partial charge < -0.3 is 8.92 Å². The summed E-state index contributed by atoms with van der Waals surface area (Å²) in [5.41, 5.74) is 1.05. The van der Waals surface area contributed by atoms with Gasteiger partial charge in [-0.2, -0.15) is 0 Å². The summed E-state index contributed by atoms with van der Waals surface area (Å²) >= 11 is 10.8. The van der Waals surface area contributed by atoms with Gasteiger partial charge in [-0.25, -0.2) is 0 Å². The Labute approximate surface area is 129 Å². The predicted molar refractivity (Wildman–Crippen MR) is 83.6 cm³/mol. The first-order valence-electron chi connectivity index (χ1n) is 5.76. The third-order valence-electron chi connectivity index (χ3n) is 2.04. The third-order valence-corrected chi connectivity index (χ3v) is 5.43. The molecule has 0 aliphatic rings. The van der Waals surface area contributed by atoms with Crippen LogP contribution >= 0.6 is 39.0 Å². The Hall–Kier alpha value is 0.317. The van der Waals surface area contributed by atoms with Gasteiger partial charge in [0.15, 0.2) is 8.67 Å². The van der Waals surface area contributed by atoms with E-state index in [0.29, 0.717) is 19.1 Å². The SMILES string of the molecule is CCC[Si]SOCCOc1cc(CCl)ccc1Br. The molecule has 0 saturated heterocycles. The van der Waals surface area contributed by atoms with Gasteiger partial charge in [-0.05, 0) is 51.2 Å². The highest BCUT2D eigenvalue weighted by atomic mass is 79.9. The summed E-state index contributed by atoms with van der Waals surface area (Å²) in [4.78, 5) is 0. The van der Waals surface area contributed by atoms with E-state index >= 15 is 0 Å². The van der Waals surface area contributed by atoms with E-state index in [9.17, 15) is 0 Å². The number of rotatable bonds is 9. The molecule has 2 radical (unpaired) electrons. The topological polar surface area (TPSA) is 18.5 Å².